The van der Waals surface area contributed by atoms with Gasteiger partial charge in [0.2, 0.25) is 5.91 Å². The summed E-state index contributed by atoms with van der Waals surface area (Å²) >= 11 is 0. The van der Waals surface area contributed by atoms with Gasteiger partial charge >= 0.3 is 0 Å². The molecule has 2 atom stereocenters. The van der Waals surface area contributed by atoms with Gasteiger partial charge in [0.15, 0.2) is 0 Å². The molecule has 2 aromatic carbocycles. The van der Waals surface area contributed by atoms with Gasteiger partial charge in [0.1, 0.15) is 0 Å². The van der Waals surface area contributed by atoms with Gasteiger partial charge in [0.05, 0.1) is 12.0 Å². The van der Waals surface area contributed by atoms with Gasteiger partial charge in [-0.1, -0.05) is 60.7 Å². The molecule has 1 fully saturated rings. The molecule has 1 heterocycles. The van der Waals surface area contributed by atoms with Crippen molar-refractivity contribution in [1.82, 2.24) is 10.6 Å². The molecule has 0 bridgehead atoms. The molecule has 3 rings (SSSR count). The van der Waals surface area contributed by atoms with Crippen molar-refractivity contribution in [3.63, 3.8) is 0 Å². The molecule has 1 saturated heterocycles. The number of halogens is 1. The highest BCUT2D eigenvalue weighted by Crippen LogP contribution is 2.20. The molecule has 3 nitrogen and oxygen atoms in total. The number of carbonyl (C=O) groups excluding carboxylic acids is 1. The molecule has 0 aromatic heterocycles. The quantitative estimate of drug-likeness (QED) is 0.842. The normalized spacial score (nSPS) is 17.8. The number of amides is 1. The van der Waals surface area contributed by atoms with Crippen LogP contribution in [-0.4, -0.2) is 19.0 Å². The summed E-state index contributed by atoms with van der Waals surface area (Å²) in [6.45, 7) is 1.74. The summed E-state index contributed by atoms with van der Waals surface area (Å²) in [4.78, 5) is 12.5. The fourth-order valence-corrected chi connectivity index (χ4v) is 3.13. The van der Waals surface area contributed by atoms with E-state index in [0.29, 0.717) is 0 Å². The van der Waals surface area contributed by atoms with Crippen molar-refractivity contribution >= 4 is 18.3 Å². The first-order chi connectivity index (χ1) is 11.3. The largest absolute Gasteiger partial charge is 0.349 e. The highest BCUT2D eigenvalue weighted by Gasteiger charge is 2.24. The molecule has 0 aliphatic carbocycles. The maximum Gasteiger partial charge on any atom is 0.224 e. The van der Waals surface area contributed by atoms with Crippen LogP contribution in [0.4, 0.5) is 0 Å². The van der Waals surface area contributed by atoms with Gasteiger partial charge < -0.3 is 10.6 Å². The molecule has 2 unspecified atom stereocenters. The topological polar surface area (TPSA) is 41.1 Å². The predicted octanol–water partition coefficient (Wildman–Crippen LogP) is 3.51. The summed E-state index contributed by atoms with van der Waals surface area (Å²) < 4.78 is 0. The van der Waals surface area contributed by atoms with E-state index in [1.807, 2.05) is 24.3 Å². The van der Waals surface area contributed by atoms with Gasteiger partial charge in [-0.3, -0.25) is 4.79 Å². The number of benzene rings is 2. The zero-order valence-corrected chi connectivity index (χ0v) is 14.6. The lowest BCUT2D eigenvalue weighted by molar-refractivity contribution is -0.125. The average molecular weight is 345 g/mol. The number of carbonyl (C=O) groups is 1. The minimum atomic E-state index is 0. The van der Waals surface area contributed by atoms with Crippen LogP contribution in [0.2, 0.25) is 0 Å². The molecule has 24 heavy (non-hydrogen) atoms. The lowest BCUT2D eigenvalue weighted by Gasteiger charge is -2.21. The summed E-state index contributed by atoms with van der Waals surface area (Å²) in [5, 5.41) is 6.53. The molecule has 128 valence electrons. The van der Waals surface area contributed by atoms with Crippen LogP contribution in [0.3, 0.4) is 0 Å². The molecule has 0 spiro atoms. The second-order valence-electron chi connectivity index (χ2n) is 6.19. The molecule has 0 radical (unpaired) electrons. The third-order valence-electron chi connectivity index (χ3n) is 4.51. The maximum absolute atomic E-state index is 12.5. The Morgan fingerprint density at radius 3 is 2.38 bits per heavy atom. The van der Waals surface area contributed by atoms with Crippen molar-refractivity contribution in [3.8, 4) is 0 Å². The van der Waals surface area contributed by atoms with Crippen LogP contribution in [0.25, 0.3) is 0 Å². The van der Waals surface area contributed by atoms with Crippen molar-refractivity contribution in [2.24, 2.45) is 5.92 Å². The monoisotopic (exact) mass is 344 g/mol. The van der Waals surface area contributed by atoms with Crippen molar-refractivity contribution < 1.29 is 4.79 Å². The number of nitrogens with one attached hydrogen (secondary N) is 2. The Labute approximate surface area is 150 Å². The lowest BCUT2D eigenvalue weighted by Crippen LogP contribution is -2.35. The first kappa shape index (κ1) is 18.5. The third-order valence-corrected chi connectivity index (χ3v) is 4.51. The van der Waals surface area contributed by atoms with E-state index in [4.69, 9.17) is 0 Å². The molecule has 4 heteroatoms. The molecule has 2 aromatic rings. The van der Waals surface area contributed by atoms with E-state index < -0.39 is 0 Å². The zero-order chi connectivity index (χ0) is 15.9. The number of hydrogen-bond acceptors (Lipinski definition) is 2. The van der Waals surface area contributed by atoms with Crippen LogP contribution in [-0.2, 0) is 11.2 Å². The summed E-state index contributed by atoms with van der Waals surface area (Å²) in [6, 6.07) is 20.8. The van der Waals surface area contributed by atoms with Crippen LogP contribution < -0.4 is 10.6 Å². The van der Waals surface area contributed by atoms with Gasteiger partial charge in [-0.05, 0) is 36.9 Å². The standard InChI is InChI=1S/C20H24N2O.ClH/c23-20(18-13-14-21-15-18)22-19(17-9-5-2-6-10-17)12-11-16-7-3-1-4-8-16;/h1-10,18-19,21H,11-15H2,(H,22,23);1H. The lowest BCUT2D eigenvalue weighted by atomic mass is 9.98. The molecule has 0 saturated carbocycles. The minimum Gasteiger partial charge on any atom is -0.349 e. The molecule has 1 aliphatic heterocycles. The summed E-state index contributed by atoms with van der Waals surface area (Å²) in [5.41, 5.74) is 2.49. The van der Waals surface area contributed by atoms with E-state index in [1.165, 1.54) is 11.1 Å². The Hall–Kier alpha value is -1.84. The first-order valence-electron chi connectivity index (χ1n) is 8.43. The van der Waals surface area contributed by atoms with Gasteiger partial charge in [0.25, 0.3) is 0 Å². The van der Waals surface area contributed by atoms with Gasteiger partial charge in [-0.15, -0.1) is 12.4 Å². The molecular weight excluding hydrogens is 320 g/mol. The van der Waals surface area contributed by atoms with E-state index in [2.05, 4.69) is 47.0 Å². The minimum absolute atomic E-state index is 0. The Morgan fingerprint density at radius 2 is 1.75 bits per heavy atom. The van der Waals surface area contributed by atoms with Gasteiger partial charge in [-0.2, -0.15) is 0 Å². The second-order valence-corrected chi connectivity index (χ2v) is 6.19. The Kier molecular flexibility index (Phi) is 7.29. The Morgan fingerprint density at radius 1 is 1.08 bits per heavy atom. The van der Waals surface area contributed by atoms with Gasteiger partial charge in [-0.25, -0.2) is 0 Å². The number of aryl methyl sites for hydroxylation is 1. The van der Waals surface area contributed by atoms with E-state index in [1.54, 1.807) is 0 Å². The fraction of sp³-hybridized carbons (Fsp3) is 0.350. The second kappa shape index (κ2) is 9.45. The third kappa shape index (κ3) is 5.08. The van der Waals surface area contributed by atoms with E-state index in [9.17, 15) is 4.79 Å². The van der Waals surface area contributed by atoms with Crippen molar-refractivity contribution in [3.05, 3.63) is 71.8 Å². The first-order valence-corrected chi connectivity index (χ1v) is 8.43. The van der Waals surface area contributed by atoms with Crippen molar-refractivity contribution in [1.29, 1.82) is 0 Å². The zero-order valence-electron chi connectivity index (χ0n) is 13.8. The summed E-state index contributed by atoms with van der Waals surface area (Å²) in [5.74, 6) is 0.287. The predicted molar refractivity (Wildman–Crippen MR) is 100 cm³/mol. The van der Waals surface area contributed by atoms with Crippen LogP contribution in [0.1, 0.15) is 30.0 Å². The van der Waals surface area contributed by atoms with E-state index in [-0.39, 0.29) is 30.3 Å². The molecule has 1 amide bonds. The van der Waals surface area contributed by atoms with Crippen LogP contribution in [0, 0.1) is 5.92 Å². The Bertz CT molecular complexity index is 612. The molecular formula is C20H25ClN2O. The van der Waals surface area contributed by atoms with Crippen LogP contribution >= 0.6 is 12.4 Å². The Balaban J connectivity index is 0.00000208. The smallest absolute Gasteiger partial charge is 0.224 e. The maximum atomic E-state index is 12.5. The fourth-order valence-electron chi connectivity index (χ4n) is 3.13. The molecule has 1 aliphatic rings. The van der Waals surface area contributed by atoms with Crippen LogP contribution in [0.15, 0.2) is 60.7 Å². The highest BCUT2D eigenvalue weighted by molar-refractivity contribution is 5.85. The average Bonchev–Trinajstić information content (AvgIpc) is 3.15. The number of rotatable bonds is 6. The van der Waals surface area contributed by atoms with Crippen LogP contribution in [0.5, 0.6) is 0 Å². The summed E-state index contributed by atoms with van der Waals surface area (Å²) in [7, 11) is 0. The van der Waals surface area contributed by atoms with Crippen molar-refractivity contribution in [2.45, 2.75) is 25.3 Å². The summed E-state index contributed by atoms with van der Waals surface area (Å²) in [6.07, 6.45) is 2.82. The van der Waals surface area contributed by atoms with E-state index >= 15 is 0 Å². The van der Waals surface area contributed by atoms with E-state index in [0.717, 1.165) is 32.4 Å². The number of hydrogen-bond donors (Lipinski definition) is 2. The SMILES string of the molecule is Cl.O=C(NC(CCc1ccccc1)c1ccccc1)C1CCNC1. The van der Waals surface area contributed by atoms with Crippen molar-refractivity contribution in [2.75, 3.05) is 13.1 Å². The highest BCUT2D eigenvalue weighted by atomic mass is 35.5. The molecule has 2 N–H and O–H groups in total. The van der Waals surface area contributed by atoms with Gasteiger partial charge in [0, 0.05) is 6.54 Å².